The summed E-state index contributed by atoms with van der Waals surface area (Å²) < 4.78 is 0. The quantitative estimate of drug-likeness (QED) is 0.719. The predicted molar refractivity (Wildman–Crippen MR) is 55.0 cm³/mol. The van der Waals surface area contributed by atoms with E-state index < -0.39 is 5.97 Å². The van der Waals surface area contributed by atoms with Gasteiger partial charge in [-0.15, -0.1) is 0 Å². The lowest BCUT2D eigenvalue weighted by Gasteiger charge is -2.29. The van der Waals surface area contributed by atoms with Gasteiger partial charge in [0.05, 0.1) is 6.42 Å². The topological polar surface area (TPSA) is 69.6 Å². The Morgan fingerprint density at radius 2 is 2.27 bits per heavy atom. The van der Waals surface area contributed by atoms with E-state index in [4.69, 9.17) is 5.11 Å². The zero-order chi connectivity index (χ0) is 11.6. The number of carbonyl (C=O) groups is 2. The van der Waals surface area contributed by atoms with Crippen molar-refractivity contribution in [2.75, 3.05) is 6.54 Å². The van der Waals surface area contributed by atoms with Crippen LogP contribution in [0.3, 0.4) is 0 Å². The van der Waals surface area contributed by atoms with Gasteiger partial charge in [-0.3, -0.25) is 14.6 Å². The van der Waals surface area contributed by atoms with E-state index in [9.17, 15) is 9.59 Å². The molecular formula is C10H18N2O3. The Hall–Kier alpha value is -1.10. The summed E-state index contributed by atoms with van der Waals surface area (Å²) in [7, 11) is 0. The maximum Gasteiger partial charge on any atom is 0.305 e. The summed E-state index contributed by atoms with van der Waals surface area (Å²) in [6.07, 6.45) is 0.414. The molecule has 5 heteroatoms. The Morgan fingerprint density at radius 3 is 2.67 bits per heavy atom. The van der Waals surface area contributed by atoms with Crippen molar-refractivity contribution in [2.24, 2.45) is 5.92 Å². The predicted octanol–water partition coefficient (Wildman–Crippen LogP) is 0.613. The largest absolute Gasteiger partial charge is 0.481 e. The van der Waals surface area contributed by atoms with Crippen molar-refractivity contribution < 1.29 is 14.7 Å². The standard InChI is InChI=1S/C10H18N2O3/c1-7(2)10(3)6-8(13)12(11-10)5-4-9(14)15/h7,11H,4-6H2,1-3H3,(H,14,15). The Balaban J connectivity index is 2.56. The zero-order valence-corrected chi connectivity index (χ0v) is 9.41. The molecule has 0 radical (unpaired) electrons. The van der Waals surface area contributed by atoms with Gasteiger partial charge in [0.15, 0.2) is 0 Å². The number of carboxylic acid groups (broad SMARTS) is 1. The van der Waals surface area contributed by atoms with Gasteiger partial charge < -0.3 is 5.11 Å². The molecule has 0 aromatic carbocycles. The van der Waals surface area contributed by atoms with Gasteiger partial charge >= 0.3 is 5.97 Å². The summed E-state index contributed by atoms with van der Waals surface area (Å²) >= 11 is 0. The van der Waals surface area contributed by atoms with Crippen LogP contribution in [0.2, 0.25) is 0 Å². The first-order valence-electron chi connectivity index (χ1n) is 5.15. The van der Waals surface area contributed by atoms with E-state index in [1.165, 1.54) is 5.01 Å². The molecule has 0 aliphatic carbocycles. The highest BCUT2D eigenvalue weighted by Crippen LogP contribution is 2.27. The molecule has 2 N–H and O–H groups in total. The Kier molecular flexibility index (Phi) is 3.34. The van der Waals surface area contributed by atoms with E-state index in [1.807, 2.05) is 20.8 Å². The number of hydrogen-bond donors (Lipinski definition) is 2. The molecule has 1 atom stereocenters. The number of rotatable bonds is 4. The molecule has 0 spiro atoms. The molecule has 15 heavy (non-hydrogen) atoms. The Bertz CT molecular complexity index is 278. The number of amides is 1. The highest BCUT2D eigenvalue weighted by atomic mass is 16.4. The first-order chi connectivity index (χ1) is 6.85. The minimum atomic E-state index is -0.886. The van der Waals surface area contributed by atoms with Gasteiger partial charge in [0.1, 0.15) is 0 Å². The van der Waals surface area contributed by atoms with E-state index >= 15 is 0 Å². The fraction of sp³-hybridized carbons (Fsp3) is 0.800. The second-order valence-electron chi connectivity index (χ2n) is 4.55. The van der Waals surface area contributed by atoms with Crippen LogP contribution >= 0.6 is 0 Å². The third kappa shape index (κ3) is 2.68. The fourth-order valence-electron chi connectivity index (χ4n) is 1.54. The monoisotopic (exact) mass is 214 g/mol. The molecule has 1 aliphatic rings. The molecule has 86 valence electrons. The molecule has 5 nitrogen and oxygen atoms in total. The van der Waals surface area contributed by atoms with Crippen molar-refractivity contribution in [3.05, 3.63) is 0 Å². The lowest BCUT2D eigenvalue weighted by molar-refractivity contribution is -0.138. The molecule has 1 aliphatic heterocycles. The van der Waals surface area contributed by atoms with Gasteiger partial charge in [-0.1, -0.05) is 13.8 Å². The molecule has 1 amide bonds. The first kappa shape index (κ1) is 12.0. The normalized spacial score (nSPS) is 26.4. The van der Waals surface area contributed by atoms with Crippen LogP contribution in [0.5, 0.6) is 0 Å². The summed E-state index contributed by atoms with van der Waals surface area (Å²) in [5.41, 5.74) is 2.85. The SMILES string of the molecule is CC(C)C1(C)CC(=O)N(CCC(=O)O)N1. The summed E-state index contributed by atoms with van der Waals surface area (Å²) in [6, 6.07) is 0. The summed E-state index contributed by atoms with van der Waals surface area (Å²) in [4.78, 5) is 22.0. The summed E-state index contributed by atoms with van der Waals surface area (Å²) in [6.45, 7) is 6.30. The van der Waals surface area contributed by atoms with Crippen molar-refractivity contribution in [3.8, 4) is 0 Å². The zero-order valence-electron chi connectivity index (χ0n) is 9.41. The number of nitrogens with zero attached hydrogens (tertiary/aromatic N) is 1. The van der Waals surface area contributed by atoms with Crippen LogP contribution in [0.25, 0.3) is 0 Å². The minimum Gasteiger partial charge on any atom is -0.481 e. The van der Waals surface area contributed by atoms with Crippen LogP contribution in [-0.2, 0) is 9.59 Å². The van der Waals surface area contributed by atoms with Crippen LogP contribution in [0.15, 0.2) is 0 Å². The number of hydrazine groups is 1. The third-order valence-corrected chi connectivity index (χ3v) is 3.03. The van der Waals surface area contributed by atoms with Crippen LogP contribution < -0.4 is 5.43 Å². The van der Waals surface area contributed by atoms with E-state index in [0.717, 1.165) is 0 Å². The maximum atomic E-state index is 11.6. The van der Waals surface area contributed by atoms with Gasteiger partial charge in [-0.2, -0.15) is 0 Å². The number of aliphatic carboxylic acids is 1. The molecule has 0 bridgehead atoms. The van der Waals surface area contributed by atoms with Crippen molar-refractivity contribution >= 4 is 11.9 Å². The molecule has 1 fully saturated rings. The van der Waals surface area contributed by atoms with Gasteiger partial charge in [0, 0.05) is 18.5 Å². The fourth-order valence-corrected chi connectivity index (χ4v) is 1.54. The Morgan fingerprint density at radius 1 is 1.67 bits per heavy atom. The molecule has 1 rings (SSSR count). The molecule has 0 aromatic rings. The van der Waals surface area contributed by atoms with Crippen LogP contribution in [0, 0.1) is 5.92 Å². The van der Waals surface area contributed by atoms with Crippen LogP contribution in [0.1, 0.15) is 33.6 Å². The highest BCUT2D eigenvalue weighted by Gasteiger charge is 2.41. The maximum absolute atomic E-state index is 11.6. The molecule has 1 heterocycles. The summed E-state index contributed by atoms with van der Waals surface area (Å²) in [5, 5.41) is 9.96. The van der Waals surface area contributed by atoms with Gasteiger partial charge in [0.2, 0.25) is 5.91 Å². The molecule has 0 saturated carbocycles. The Labute approximate surface area is 89.4 Å². The van der Waals surface area contributed by atoms with Crippen LogP contribution in [0.4, 0.5) is 0 Å². The van der Waals surface area contributed by atoms with Gasteiger partial charge in [-0.05, 0) is 12.8 Å². The van der Waals surface area contributed by atoms with Crippen molar-refractivity contribution in [2.45, 2.75) is 39.2 Å². The van der Waals surface area contributed by atoms with Crippen LogP contribution in [-0.4, -0.2) is 34.1 Å². The molecule has 0 aromatic heterocycles. The second-order valence-corrected chi connectivity index (χ2v) is 4.55. The van der Waals surface area contributed by atoms with E-state index in [0.29, 0.717) is 12.3 Å². The smallest absolute Gasteiger partial charge is 0.305 e. The third-order valence-electron chi connectivity index (χ3n) is 3.03. The van der Waals surface area contributed by atoms with Crippen molar-refractivity contribution in [1.29, 1.82) is 0 Å². The number of carboxylic acids is 1. The van der Waals surface area contributed by atoms with Gasteiger partial charge in [0.25, 0.3) is 0 Å². The molecular weight excluding hydrogens is 196 g/mol. The van der Waals surface area contributed by atoms with E-state index in [-0.39, 0.29) is 24.4 Å². The number of carbonyl (C=O) groups excluding carboxylic acids is 1. The van der Waals surface area contributed by atoms with E-state index in [1.54, 1.807) is 0 Å². The lowest BCUT2D eigenvalue weighted by Crippen LogP contribution is -2.48. The van der Waals surface area contributed by atoms with Gasteiger partial charge in [-0.25, -0.2) is 5.43 Å². The second kappa shape index (κ2) is 4.18. The first-order valence-corrected chi connectivity index (χ1v) is 5.15. The van der Waals surface area contributed by atoms with E-state index in [2.05, 4.69) is 5.43 Å². The van der Waals surface area contributed by atoms with Crippen molar-refractivity contribution in [3.63, 3.8) is 0 Å². The highest BCUT2D eigenvalue weighted by molar-refractivity contribution is 5.80. The minimum absolute atomic E-state index is 0.0209. The number of hydrogen-bond acceptors (Lipinski definition) is 3. The summed E-state index contributed by atoms with van der Waals surface area (Å²) in [5.74, 6) is -0.577. The molecule has 1 saturated heterocycles. The average Bonchev–Trinajstić information content (AvgIpc) is 2.39. The lowest BCUT2D eigenvalue weighted by atomic mass is 9.87. The van der Waals surface area contributed by atoms with Crippen molar-refractivity contribution in [1.82, 2.24) is 10.4 Å². The number of nitrogens with one attached hydrogen (secondary N) is 1. The molecule has 1 unspecified atom stereocenters. The average molecular weight is 214 g/mol.